The molecule has 0 atom stereocenters. The number of carbonyl (C=O) groups is 1. The first-order valence-corrected chi connectivity index (χ1v) is 9.19. The molecule has 1 aromatic carbocycles. The van der Waals surface area contributed by atoms with Gasteiger partial charge in [-0.25, -0.2) is 4.68 Å². The van der Waals surface area contributed by atoms with Gasteiger partial charge in [-0.15, -0.1) is 0 Å². The molecule has 25 heavy (non-hydrogen) atoms. The number of benzene rings is 1. The molecule has 0 saturated heterocycles. The van der Waals surface area contributed by atoms with Gasteiger partial charge in [-0.2, -0.15) is 5.10 Å². The fourth-order valence-corrected chi connectivity index (χ4v) is 3.68. The van der Waals surface area contributed by atoms with Crippen LogP contribution in [0.4, 0.5) is 0 Å². The molecule has 1 aliphatic rings. The molecule has 5 heteroatoms. The van der Waals surface area contributed by atoms with Gasteiger partial charge >= 0.3 is 0 Å². The Bertz CT molecular complexity index is 832. The highest BCUT2D eigenvalue weighted by molar-refractivity contribution is 6.04. The van der Waals surface area contributed by atoms with E-state index in [0.717, 1.165) is 31.6 Å². The van der Waals surface area contributed by atoms with E-state index in [-0.39, 0.29) is 23.6 Å². The third-order valence-electron chi connectivity index (χ3n) is 5.37. The lowest BCUT2D eigenvalue weighted by molar-refractivity contribution is 0.0673. The summed E-state index contributed by atoms with van der Waals surface area (Å²) in [6, 6.07) is 7.43. The van der Waals surface area contributed by atoms with Crippen LogP contribution in [0.3, 0.4) is 0 Å². The van der Waals surface area contributed by atoms with Crippen molar-refractivity contribution < 1.29 is 4.79 Å². The fraction of sp³-hybridized carbons (Fsp3) is 0.550. The molecule has 2 aromatic rings. The summed E-state index contributed by atoms with van der Waals surface area (Å²) in [7, 11) is 1.87. The van der Waals surface area contributed by atoms with E-state index in [2.05, 4.69) is 12.0 Å². The van der Waals surface area contributed by atoms with Crippen molar-refractivity contribution in [1.29, 1.82) is 0 Å². The molecule has 5 nitrogen and oxygen atoms in total. The number of hydrogen-bond donors (Lipinski definition) is 0. The van der Waals surface area contributed by atoms with Crippen molar-refractivity contribution in [3.63, 3.8) is 0 Å². The summed E-state index contributed by atoms with van der Waals surface area (Å²) in [5.41, 5.74) is 0.237. The molecule has 1 saturated carbocycles. The average Bonchev–Trinajstić information content (AvgIpc) is 2.61. The molecule has 0 radical (unpaired) electrons. The quantitative estimate of drug-likeness (QED) is 0.856. The summed E-state index contributed by atoms with van der Waals surface area (Å²) in [6.45, 7) is 6.08. The van der Waals surface area contributed by atoms with Crippen molar-refractivity contribution in [2.24, 2.45) is 5.92 Å². The van der Waals surface area contributed by atoms with E-state index >= 15 is 0 Å². The second-order valence-corrected chi connectivity index (χ2v) is 7.57. The van der Waals surface area contributed by atoms with Gasteiger partial charge in [0.25, 0.3) is 11.5 Å². The van der Waals surface area contributed by atoms with Crippen LogP contribution < -0.4 is 5.56 Å². The number of nitrogens with zero attached hydrogens (tertiary/aromatic N) is 3. The van der Waals surface area contributed by atoms with E-state index in [4.69, 9.17) is 0 Å². The summed E-state index contributed by atoms with van der Waals surface area (Å²) < 4.78 is 1.42. The molecule has 0 bridgehead atoms. The molecular weight excluding hydrogens is 314 g/mol. The Labute approximate surface area is 148 Å². The zero-order valence-electron chi connectivity index (χ0n) is 15.5. The summed E-state index contributed by atoms with van der Waals surface area (Å²) >= 11 is 0. The highest BCUT2D eigenvalue weighted by Gasteiger charge is 2.28. The van der Waals surface area contributed by atoms with Crippen LogP contribution in [-0.4, -0.2) is 33.7 Å². The standard InChI is InChI=1S/C20H27N3O2/c1-13(2)23-19(24)17-8-6-5-7-16(17)18(21-23)20(25)22(4)15-11-9-14(3)10-12-15/h5-8,13-15H,9-12H2,1-4H3. The largest absolute Gasteiger partial charge is 0.337 e. The van der Waals surface area contributed by atoms with Gasteiger partial charge in [-0.05, 0) is 51.5 Å². The summed E-state index contributed by atoms with van der Waals surface area (Å²) in [6.07, 6.45) is 4.38. The molecule has 3 rings (SSSR count). The zero-order valence-corrected chi connectivity index (χ0v) is 15.5. The average molecular weight is 341 g/mol. The van der Waals surface area contributed by atoms with E-state index in [1.165, 1.54) is 4.68 Å². The Kier molecular flexibility index (Phi) is 4.93. The van der Waals surface area contributed by atoms with Crippen LogP contribution in [0.25, 0.3) is 10.8 Å². The van der Waals surface area contributed by atoms with Gasteiger partial charge in [0.1, 0.15) is 0 Å². The molecule has 1 amide bonds. The maximum absolute atomic E-state index is 13.2. The monoisotopic (exact) mass is 341 g/mol. The minimum absolute atomic E-state index is 0.0925. The Morgan fingerprint density at radius 2 is 1.76 bits per heavy atom. The number of rotatable bonds is 3. The van der Waals surface area contributed by atoms with Gasteiger partial charge in [0.15, 0.2) is 5.69 Å². The van der Waals surface area contributed by atoms with Crippen molar-refractivity contribution in [1.82, 2.24) is 14.7 Å². The molecule has 0 unspecified atom stereocenters. The maximum atomic E-state index is 13.2. The number of aromatic nitrogens is 2. The van der Waals surface area contributed by atoms with Crippen molar-refractivity contribution in [2.45, 2.75) is 58.5 Å². The van der Waals surface area contributed by atoms with Crippen LogP contribution in [0.15, 0.2) is 29.1 Å². The number of hydrogen-bond acceptors (Lipinski definition) is 3. The predicted octanol–water partition coefficient (Wildman–Crippen LogP) is 3.63. The van der Waals surface area contributed by atoms with Gasteiger partial charge < -0.3 is 4.90 Å². The summed E-state index contributed by atoms with van der Waals surface area (Å²) in [5, 5.41) is 5.64. The Balaban J connectivity index is 2.03. The van der Waals surface area contributed by atoms with Gasteiger partial charge in [0, 0.05) is 18.5 Å². The van der Waals surface area contributed by atoms with E-state index in [1.54, 1.807) is 6.07 Å². The molecular formula is C20H27N3O2. The lowest BCUT2D eigenvalue weighted by Crippen LogP contribution is -2.40. The second kappa shape index (κ2) is 6.98. The minimum Gasteiger partial charge on any atom is -0.337 e. The lowest BCUT2D eigenvalue weighted by atomic mass is 9.86. The van der Waals surface area contributed by atoms with Crippen molar-refractivity contribution in [3.8, 4) is 0 Å². The molecule has 0 aliphatic heterocycles. The third-order valence-corrected chi connectivity index (χ3v) is 5.37. The van der Waals surface area contributed by atoms with Crippen molar-refractivity contribution in [3.05, 3.63) is 40.3 Å². The van der Waals surface area contributed by atoms with Crippen LogP contribution in [0, 0.1) is 5.92 Å². The van der Waals surface area contributed by atoms with Crippen LogP contribution in [0.1, 0.15) is 63.0 Å². The van der Waals surface area contributed by atoms with Crippen molar-refractivity contribution in [2.75, 3.05) is 7.05 Å². The third kappa shape index (κ3) is 3.32. The summed E-state index contributed by atoms with van der Waals surface area (Å²) in [5.74, 6) is 0.645. The van der Waals surface area contributed by atoms with E-state index in [0.29, 0.717) is 16.5 Å². The first-order chi connectivity index (χ1) is 11.9. The van der Waals surface area contributed by atoms with E-state index in [9.17, 15) is 9.59 Å². The van der Waals surface area contributed by atoms with Crippen LogP contribution in [-0.2, 0) is 0 Å². The first-order valence-electron chi connectivity index (χ1n) is 9.19. The lowest BCUT2D eigenvalue weighted by Gasteiger charge is -2.33. The Morgan fingerprint density at radius 3 is 2.36 bits per heavy atom. The molecule has 1 fully saturated rings. The highest BCUT2D eigenvalue weighted by Crippen LogP contribution is 2.27. The van der Waals surface area contributed by atoms with Crippen LogP contribution >= 0.6 is 0 Å². The number of amides is 1. The first kappa shape index (κ1) is 17.6. The Hall–Kier alpha value is -2.17. The second-order valence-electron chi connectivity index (χ2n) is 7.57. The molecule has 134 valence electrons. The minimum atomic E-state index is -0.142. The highest BCUT2D eigenvalue weighted by atomic mass is 16.2. The molecule has 1 aromatic heterocycles. The SMILES string of the molecule is CC1CCC(N(C)C(=O)c2nn(C(C)C)c(=O)c3ccccc23)CC1. The smallest absolute Gasteiger partial charge is 0.274 e. The molecule has 0 N–H and O–H groups in total. The van der Waals surface area contributed by atoms with E-state index < -0.39 is 0 Å². The molecule has 1 aliphatic carbocycles. The summed E-state index contributed by atoms with van der Waals surface area (Å²) in [4.78, 5) is 27.6. The van der Waals surface area contributed by atoms with E-state index in [1.807, 2.05) is 44.0 Å². The maximum Gasteiger partial charge on any atom is 0.274 e. The predicted molar refractivity (Wildman–Crippen MR) is 99.9 cm³/mol. The fourth-order valence-electron chi connectivity index (χ4n) is 3.68. The van der Waals surface area contributed by atoms with Gasteiger partial charge in [-0.1, -0.05) is 25.1 Å². The Morgan fingerprint density at radius 1 is 1.16 bits per heavy atom. The van der Waals surface area contributed by atoms with Gasteiger partial charge in [-0.3, -0.25) is 9.59 Å². The molecule has 0 spiro atoms. The molecule has 1 heterocycles. The normalized spacial score (nSPS) is 20.8. The number of carbonyl (C=O) groups excluding carboxylic acids is 1. The van der Waals surface area contributed by atoms with Crippen LogP contribution in [0.5, 0.6) is 0 Å². The zero-order chi connectivity index (χ0) is 18.1. The van der Waals surface area contributed by atoms with Gasteiger partial charge in [0.05, 0.1) is 11.4 Å². The van der Waals surface area contributed by atoms with Crippen LogP contribution in [0.2, 0.25) is 0 Å². The topological polar surface area (TPSA) is 55.2 Å². The number of fused-ring (bicyclic) bond motifs is 1. The van der Waals surface area contributed by atoms with Gasteiger partial charge in [0.2, 0.25) is 0 Å². The van der Waals surface area contributed by atoms with Crippen molar-refractivity contribution >= 4 is 16.7 Å².